The molecule has 0 bridgehead atoms. The van der Waals surface area contributed by atoms with Crippen molar-refractivity contribution < 1.29 is 29.0 Å². The number of carbonyl (C=O) groups excluding carboxylic acids is 2. The van der Waals surface area contributed by atoms with Crippen LogP contribution in [0.4, 0.5) is 4.79 Å². The van der Waals surface area contributed by atoms with E-state index in [0.29, 0.717) is 43.5 Å². The quantitative estimate of drug-likeness (QED) is 0.581. The maximum Gasteiger partial charge on any atom is 0.407 e. The monoisotopic (exact) mass is 440 g/mol. The second-order valence-corrected chi connectivity index (χ2v) is 7.88. The minimum absolute atomic E-state index is 0.204. The third-order valence-electron chi connectivity index (χ3n) is 5.87. The number of carboxylic acids is 1. The number of nitrogens with one attached hydrogen (secondary N) is 2. The van der Waals surface area contributed by atoms with Crippen LogP contribution in [0.15, 0.2) is 54.6 Å². The summed E-state index contributed by atoms with van der Waals surface area (Å²) in [6.07, 6.45) is 1.61. The first-order valence-electron chi connectivity index (χ1n) is 10.6. The van der Waals surface area contributed by atoms with Gasteiger partial charge in [0.2, 0.25) is 0 Å². The van der Waals surface area contributed by atoms with Crippen LogP contribution in [0.3, 0.4) is 0 Å². The van der Waals surface area contributed by atoms with Gasteiger partial charge in [0.15, 0.2) is 0 Å². The summed E-state index contributed by atoms with van der Waals surface area (Å²) in [5.74, 6) is -0.813. The molecule has 3 rings (SSSR count). The lowest BCUT2D eigenvalue weighted by Crippen LogP contribution is -2.45. The molecular formula is C24H28N2O6. The molecule has 32 heavy (non-hydrogen) atoms. The van der Waals surface area contributed by atoms with Crippen LogP contribution in [0, 0.1) is 0 Å². The fraction of sp³-hybridized carbons (Fsp3) is 0.375. The molecule has 0 aliphatic heterocycles. The molecule has 1 fully saturated rings. The lowest BCUT2D eigenvalue weighted by molar-refractivity contribution is -0.135. The predicted octanol–water partition coefficient (Wildman–Crippen LogP) is 3.12. The predicted molar refractivity (Wildman–Crippen MR) is 118 cm³/mol. The molecule has 0 heterocycles. The standard InChI is InChI=1S/C24H28N2O6/c1-31-20-10-6-5-9-19(20)22(29)26-16-24(17-7-3-2-4-8-17)13-11-18(12-14-24)32-23(30)25-15-21(27)28/h2-10,18H,11-16H2,1H3,(H,25,30)(H,26,29)(H,27,28). The van der Waals surface area contributed by atoms with Gasteiger partial charge in [0, 0.05) is 12.0 Å². The Morgan fingerprint density at radius 2 is 1.66 bits per heavy atom. The Labute approximate surface area is 186 Å². The molecular weight excluding hydrogens is 412 g/mol. The molecule has 2 aromatic carbocycles. The van der Waals surface area contributed by atoms with E-state index in [-0.39, 0.29) is 17.4 Å². The number of para-hydroxylation sites is 1. The smallest absolute Gasteiger partial charge is 0.407 e. The van der Waals surface area contributed by atoms with Crippen molar-refractivity contribution in [1.29, 1.82) is 0 Å². The number of carbonyl (C=O) groups is 3. The first kappa shape index (κ1) is 23.1. The van der Waals surface area contributed by atoms with E-state index in [4.69, 9.17) is 14.6 Å². The molecule has 1 aliphatic rings. The van der Waals surface area contributed by atoms with Crippen LogP contribution in [-0.4, -0.2) is 49.4 Å². The van der Waals surface area contributed by atoms with Crippen LogP contribution < -0.4 is 15.4 Å². The molecule has 170 valence electrons. The molecule has 0 saturated heterocycles. The van der Waals surface area contributed by atoms with Crippen LogP contribution in [0.1, 0.15) is 41.6 Å². The Hall–Kier alpha value is -3.55. The Morgan fingerprint density at radius 3 is 2.31 bits per heavy atom. The first-order valence-corrected chi connectivity index (χ1v) is 10.6. The van der Waals surface area contributed by atoms with Crippen molar-refractivity contribution in [1.82, 2.24) is 10.6 Å². The summed E-state index contributed by atoms with van der Waals surface area (Å²) in [4.78, 5) is 35.3. The summed E-state index contributed by atoms with van der Waals surface area (Å²) in [6, 6.07) is 17.1. The number of methoxy groups -OCH3 is 1. The molecule has 2 aromatic rings. The van der Waals surface area contributed by atoms with Gasteiger partial charge >= 0.3 is 12.1 Å². The van der Waals surface area contributed by atoms with Crippen molar-refractivity contribution in [2.75, 3.05) is 20.2 Å². The maximum atomic E-state index is 12.9. The summed E-state index contributed by atoms with van der Waals surface area (Å²) in [5.41, 5.74) is 1.30. The van der Waals surface area contributed by atoms with Crippen LogP contribution in [-0.2, 0) is 14.9 Å². The van der Waals surface area contributed by atoms with Gasteiger partial charge in [-0.05, 0) is 43.4 Å². The summed E-state index contributed by atoms with van der Waals surface area (Å²) in [7, 11) is 1.53. The van der Waals surface area contributed by atoms with E-state index in [1.54, 1.807) is 18.2 Å². The molecule has 0 aromatic heterocycles. The zero-order valence-corrected chi connectivity index (χ0v) is 18.0. The minimum atomic E-state index is -1.13. The molecule has 0 unspecified atom stereocenters. The number of aliphatic carboxylic acids is 1. The van der Waals surface area contributed by atoms with Gasteiger partial charge in [-0.2, -0.15) is 0 Å². The largest absolute Gasteiger partial charge is 0.496 e. The summed E-state index contributed by atoms with van der Waals surface area (Å²) >= 11 is 0. The number of rotatable bonds is 8. The third kappa shape index (κ3) is 5.78. The van der Waals surface area contributed by atoms with E-state index in [1.165, 1.54) is 7.11 Å². The van der Waals surface area contributed by atoms with Crippen molar-refractivity contribution in [2.24, 2.45) is 0 Å². The van der Waals surface area contributed by atoms with Gasteiger partial charge in [0.05, 0.1) is 12.7 Å². The van der Waals surface area contributed by atoms with Crippen LogP contribution in [0.5, 0.6) is 5.75 Å². The fourth-order valence-electron chi connectivity index (χ4n) is 4.14. The van der Waals surface area contributed by atoms with E-state index < -0.39 is 18.6 Å². The fourth-order valence-corrected chi connectivity index (χ4v) is 4.14. The first-order chi connectivity index (χ1) is 15.4. The van der Waals surface area contributed by atoms with Gasteiger partial charge in [-0.3, -0.25) is 9.59 Å². The summed E-state index contributed by atoms with van der Waals surface area (Å²) in [5, 5.41) is 14.0. The SMILES string of the molecule is COc1ccccc1C(=O)NCC1(c2ccccc2)CCC(OC(=O)NCC(=O)O)CC1. The van der Waals surface area contributed by atoms with E-state index in [2.05, 4.69) is 22.8 Å². The zero-order chi connectivity index (χ0) is 23.0. The number of hydrogen-bond donors (Lipinski definition) is 3. The summed E-state index contributed by atoms with van der Waals surface area (Å²) < 4.78 is 10.7. The van der Waals surface area contributed by atoms with Gasteiger partial charge in [-0.1, -0.05) is 42.5 Å². The average molecular weight is 440 g/mol. The van der Waals surface area contributed by atoms with E-state index in [1.807, 2.05) is 24.3 Å². The Kier molecular flexibility index (Phi) is 7.70. The Bertz CT molecular complexity index is 939. The van der Waals surface area contributed by atoms with Crippen molar-refractivity contribution in [3.8, 4) is 5.75 Å². The van der Waals surface area contributed by atoms with Gasteiger partial charge in [-0.25, -0.2) is 4.79 Å². The number of amides is 2. The van der Waals surface area contributed by atoms with Crippen LogP contribution >= 0.6 is 0 Å². The zero-order valence-electron chi connectivity index (χ0n) is 18.0. The molecule has 1 aliphatic carbocycles. The second kappa shape index (κ2) is 10.7. The normalized spacial score (nSPS) is 20.1. The van der Waals surface area contributed by atoms with Crippen LogP contribution in [0.2, 0.25) is 0 Å². The molecule has 1 saturated carbocycles. The molecule has 8 nitrogen and oxygen atoms in total. The Morgan fingerprint density at radius 1 is 1.00 bits per heavy atom. The molecule has 0 spiro atoms. The molecule has 0 radical (unpaired) electrons. The van der Waals surface area contributed by atoms with Gasteiger partial charge in [-0.15, -0.1) is 0 Å². The van der Waals surface area contributed by atoms with Gasteiger partial charge < -0.3 is 25.2 Å². The highest BCUT2D eigenvalue weighted by Crippen LogP contribution is 2.40. The highest BCUT2D eigenvalue weighted by atomic mass is 16.6. The van der Waals surface area contributed by atoms with Crippen molar-refractivity contribution in [2.45, 2.75) is 37.2 Å². The van der Waals surface area contributed by atoms with Crippen molar-refractivity contribution >= 4 is 18.0 Å². The van der Waals surface area contributed by atoms with Gasteiger partial charge in [0.1, 0.15) is 18.4 Å². The lowest BCUT2D eigenvalue weighted by atomic mass is 9.68. The van der Waals surface area contributed by atoms with E-state index >= 15 is 0 Å². The van der Waals surface area contributed by atoms with Crippen molar-refractivity contribution in [3.63, 3.8) is 0 Å². The second-order valence-electron chi connectivity index (χ2n) is 7.88. The Balaban J connectivity index is 1.67. The number of benzene rings is 2. The van der Waals surface area contributed by atoms with E-state index in [9.17, 15) is 14.4 Å². The topological polar surface area (TPSA) is 114 Å². The third-order valence-corrected chi connectivity index (χ3v) is 5.87. The molecule has 8 heteroatoms. The maximum absolute atomic E-state index is 12.9. The molecule has 2 amide bonds. The molecule has 0 atom stereocenters. The highest BCUT2D eigenvalue weighted by Gasteiger charge is 2.38. The average Bonchev–Trinajstić information content (AvgIpc) is 2.82. The van der Waals surface area contributed by atoms with E-state index in [0.717, 1.165) is 5.56 Å². The summed E-state index contributed by atoms with van der Waals surface area (Å²) in [6.45, 7) is -0.0414. The van der Waals surface area contributed by atoms with Gasteiger partial charge in [0.25, 0.3) is 5.91 Å². The number of carboxylic acid groups (broad SMARTS) is 1. The van der Waals surface area contributed by atoms with Crippen LogP contribution in [0.25, 0.3) is 0 Å². The van der Waals surface area contributed by atoms with Crippen molar-refractivity contribution in [3.05, 3.63) is 65.7 Å². The number of hydrogen-bond acceptors (Lipinski definition) is 5. The number of ether oxygens (including phenoxy) is 2. The minimum Gasteiger partial charge on any atom is -0.496 e. The molecule has 3 N–H and O–H groups in total. The highest BCUT2D eigenvalue weighted by molar-refractivity contribution is 5.97. The lowest BCUT2D eigenvalue weighted by Gasteiger charge is -2.40. The number of alkyl carbamates (subject to hydrolysis) is 1.